The molecule has 3 nitrogen and oxygen atoms in total. The minimum absolute atomic E-state index is 0.205. The monoisotopic (exact) mass is 270 g/mol. The minimum Gasteiger partial charge on any atom is -0.497 e. The maximum absolute atomic E-state index is 5.42. The molecule has 1 N–H and O–H groups in total. The molecule has 2 aliphatic heterocycles. The molecule has 0 amide bonds. The molecule has 1 unspecified atom stereocenters. The van der Waals surface area contributed by atoms with Gasteiger partial charge in [-0.3, -0.25) is 4.90 Å². The fraction of sp³-hybridized carbons (Fsp3) is 0.529. The van der Waals surface area contributed by atoms with E-state index in [4.69, 9.17) is 4.74 Å². The summed E-state index contributed by atoms with van der Waals surface area (Å²) in [6.07, 6.45) is 5.09. The highest BCUT2D eigenvalue weighted by molar-refractivity contribution is 5.87. The van der Waals surface area contributed by atoms with Gasteiger partial charge in [-0.05, 0) is 44.5 Å². The zero-order valence-electron chi connectivity index (χ0n) is 12.3. The van der Waals surface area contributed by atoms with Crippen LogP contribution in [0.5, 0.6) is 5.75 Å². The van der Waals surface area contributed by atoms with Crippen molar-refractivity contribution < 1.29 is 4.74 Å². The van der Waals surface area contributed by atoms with E-state index in [1.54, 1.807) is 7.11 Å². The van der Waals surface area contributed by atoms with Crippen molar-refractivity contribution in [3.8, 4) is 5.75 Å². The van der Waals surface area contributed by atoms with Gasteiger partial charge in [-0.15, -0.1) is 0 Å². The van der Waals surface area contributed by atoms with Crippen LogP contribution in [0.4, 0.5) is 0 Å². The molecule has 0 radical (unpaired) electrons. The van der Waals surface area contributed by atoms with E-state index < -0.39 is 0 Å². The van der Waals surface area contributed by atoms with E-state index in [1.165, 1.54) is 54.5 Å². The third kappa shape index (κ3) is 1.56. The number of hydrogen-bond donors (Lipinski definition) is 1. The predicted octanol–water partition coefficient (Wildman–Crippen LogP) is 3.43. The molecule has 3 heteroatoms. The number of aromatic nitrogens is 1. The molecule has 1 atom stereocenters. The van der Waals surface area contributed by atoms with Crippen LogP contribution in [0.1, 0.15) is 37.4 Å². The number of hydrogen-bond acceptors (Lipinski definition) is 2. The van der Waals surface area contributed by atoms with Crippen molar-refractivity contribution in [2.24, 2.45) is 0 Å². The van der Waals surface area contributed by atoms with Crippen LogP contribution in [0.3, 0.4) is 0 Å². The molecule has 2 aromatic rings. The van der Waals surface area contributed by atoms with Gasteiger partial charge in [-0.25, -0.2) is 0 Å². The van der Waals surface area contributed by atoms with Crippen LogP contribution < -0.4 is 4.74 Å². The van der Waals surface area contributed by atoms with Crippen molar-refractivity contribution in [2.45, 2.75) is 38.1 Å². The first-order chi connectivity index (χ1) is 9.72. The van der Waals surface area contributed by atoms with Crippen molar-refractivity contribution in [1.82, 2.24) is 9.88 Å². The fourth-order valence-electron chi connectivity index (χ4n) is 4.22. The first-order valence-electron chi connectivity index (χ1n) is 7.66. The SMILES string of the molecule is COc1ccc2[nH]c3c(c2c1)C1(C)CCCCN1CC3. The molecule has 0 spiro atoms. The van der Waals surface area contributed by atoms with Crippen molar-refractivity contribution in [3.63, 3.8) is 0 Å². The normalized spacial score (nSPS) is 26.3. The Morgan fingerprint density at radius 1 is 1.25 bits per heavy atom. The Hall–Kier alpha value is -1.48. The Morgan fingerprint density at radius 3 is 3.00 bits per heavy atom. The van der Waals surface area contributed by atoms with Crippen molar-refractivity contribution in [3.05, 3.63) is 29.5 Å². The van der Waals surface area contributed by atoms with Gasteiger partial charge >= 0.3 is 0 Å². The Balaban J connectivity index is 1.96. The van der Waals surface area contributed by atoms with Crippen LogP contribution in [-0.2, 0) is 12.0 Å². The molecule has 4 rings (SSSR count). The third-order valence-electron chi connectivity index (χ3n) is 5.29. The molecule has 2 aliphatic rings. The van der Waals surface area contributed by atoms with Gasteiger partial charge in [0.05, 0.1) is 7.11 Å². The zero-order chi connectivity index (χ0) is 13.7. The Bertz CT molecular complexity index is 660. The lowest BCUT2D eigenvalue weighted by Gasteiger charge is -2.48. The molecular formula is C17H22N2O. The second kappa shape index (κ2) is 4.26. The van der Waals surface area contributed by atoms with E-state index in [0.717, 1.165) is 12.2 Å². The summed E-state index contributed by atoms with van der Waals surface area (Å²) in [4.78, 5) is 6.33. The molecule has 0 aliphatic carbocycles. The second-order valence-electron chi connectivity index (χ2n) is 6.36. The van der Waals surface area contributed by atoms with Gasteiger partial charge in [0, 0.05) is 40.7 Å². The molecule has 20 heavy (non-hydrogen) atoms. The van der Waals surface area contributed by atoms with Crippen molar-refractivity contribution in [2.75, 3.05) is 20.2 Å². The molecule has 0 saturated carbocycles. The summed E-state index contributed by atoms with van der Waals surface area (Å²) >= 11 is 0. The van der Waals surface area contributed by atoms with Crippen LogP contribution in [0.2, 0.25) is 0 Å². The van der Waals surface area contributed by atoms with Gasteiger partial charge < -0.3 is 9.72 Å². The number of rotatable bonds is 1. The maximum Gasteiger partial charge on any atom is 0.119 e. The average Bonchev–Trinajstić information content (AvgIpc) is 2.85. The van der Waals surface area contributed by atoms with E-state index in [9.17, 15) is 0 Å². The number of benzene rings is 1. The Labute approximate surface area is 119 Å². The summed E-state index contributed by atoms with van der Waals surface area (Å²) < 4.78 is 5.42. The van der Waals surface area contributed by atoms with E-state index in [1.807, 2.05) is 6.07 Å². The largest absolute Gasteiger partial charge is 0.497 e. The first-order valence-corrected chi connectivity index (χ1v) is 7.66. The number of nitrogens with one attached hydrogen (secondary N) is 1. The molecule has 1 aromatic heterocycles. The number of piperidine rings is 1. The van der Waals surface area contributed by atoms with Crippen molar-refractivity contribution in [1.29, 1.82) is 0 Å². The van der Waals surface area contributed by atoms with E-state index in [2.05, 4.69) is 28.9 Å². The van der Waals surface area contributed by atoms with Crippen molar-refractivity contribution >= 4 is 10.9 Å². The maximum atomic E-state index is 5.42. The fourth-order valence-corrected chi connectivity index (χ4v) is 4.22. The summed E-state index contributed by atoms with van der Waals surface area (Å²) in [5.74, 6) is 0.954. The summed E-state index contributed by atoms with van der Waals surface area (Å²) in [6.45, 7) is 4.86. The topological polar surface area (TPSA) is 28.3 Å². The lowest BCUT2D eigenvalue weighted by molar-refractivity contribution is 0.0502. The van der Waals surface area contributed by atoms with Crippen LogP contribution in [-0.4, -0.2) is 30.1 Å². The summed E-state index contributed by atoms with van der Waals surface area (Å²) in [5.41, 5.74) is 4.42. The highest BCUT2D eigenvalue weighted by Gasteiger charge is 2.42. The van der Waals surface area contributed by atoms with E-state index in [-0.39, 0.29) is 5.54 Å². The highest BCUT2D eigenvalue weighted by atomic mass is 16.5. The Kier molecular flexibility index (Phi) is 2.61. The number of ether oxygens (including phenoxy) is 1. The van der Waals surface area contributed by atoms with E-state index >= 15 is 0 Å². The number of H-pyrrole nitrogens is 1. The standard InChI is InChI=1S/C17H22N2O/c1-17-8-3-4-9-19(17)10-7-15-16(17)13-11-12(20-2)5-6-14(13)18-15/h5-6,11,18H,3-4,7-10H2,1-2H3. The average molecular weight is 270 g/mol. The van der Waals surface area contributed by atoms with Gasteiger partial charge in [0.15, 0.2) is 0 Å². The Morgan fingerprint density at radius 2 is 2.15 bits per heavy atom. The lowest BCUT2D eigenvalue weighted by atomic mass is 9.77. The molecule has 3 heterocycles. The molecular weight excluding hydrogens is 248 g/mol. The van der Waals surface area contributed by atoms with Gasteiger partial charge in [0.1, 0.15) is 5.75 Å². The number of aromatic amines is 1. The molecule has 1 fully saturated rings. The lowest BCUT2D eigenvalue weighted by Crippen LogP contribution is -2.51. The van der Waals surface area contributed by atoms with Gasteiger partial charge in [0.2, 0.25) is 0 Å². The first kappa shape index (κ1) is 12.3. The van der Waals surface area contributed by atoms with Gasteiger partial charge in [-0.2, -0.15) is 0 Å². The van der Waals surface area contributed by atoms with Crippen LogP contribution in [0.15, 0.2) is 18.2 Å². The number of fused-ring (bicyclic) bond motifs is 5. The molecule has 1 aromatic carbocycles. The van der Waals surface area contributed by atoms with Gasteiger partial charge in [0.25, 0.3) is 0 Å². The zero-order valence-corrected chi connectivity index (χ0v) is 12.3. The summed E-state index contributed by atoms with van der Waals surface area (Å²) in [7, 11) is 1.74. The second-order valence-corrected chi connectivity index (χ2v) is 6.36. The highest BCUT2D eigenvalue weighted by Crippen LogP contribution is 2.45. The van der Waals surface area contributed by atoms with Crippen LogP contribution >= 0.6 is 0 Å². The number of nitrogens with zero attached hydrogens (tertiary/aromatic N) is 1. The van der Waals surface area contributed by atoms with Crippen LogP contribution in [0, 0.1) is 0 Å². The van der Waals surface area contributed by atoms with Gasteiger partial charge in [-0.1, -0.05) is 6.42 Å². The smallest absolute Gasteiger partial charge is 0.119 e. The quantitative estimate of drug-likeness (QED) is 0.860. The third-order valence-corrected chi connectivity index (χ3v) is 5.29. The minimum atomic E-state index is 0.205. The van der Waals surface area contributed by atoms with E-state index in [0.29, 0.717) is 0 Å². The molecule has 1 saturated heterocycles. The summed E-state index contributed by atoms with van der Waals surface area (Å²) in [5, 5.41) is 1.36. The molecule has 0 bridgehead atoms. The summed E-state index contributed by atoms with van der Waals surface area (Å²) in [6, 6.07) is 6.41. The van der Waals surface area contributed by atoms with Crippen LogP contribution in [0.25, 0.3) is 10.9 Å². The molecule has 106 valence electrons. The number of methoxy groups -OCH3 is 1. The predicted molar refractivity (Wildman–Crippen MR) is 81.3 cm³/mol.